The second-order valence-electron chi connectivity index (χ2n) is 4.70. The normalized spacial score (nSPS) is 17.4. The van der Waals surface area contributed by atoms with Crippen LogP contribution in [-0.2, 0) is 22.7 Å². The standard InChI is InChI=1S/C13H18N2O2/c1-3-13(2,14)12(16)15-11-5-4-9-7-17-8-10(9)6-11/h4-6H,3,7-8,14H2,1-2H3,(H,15,16). The van der Waals surface area contributed by atoms with Gasteiger partial charge < -0.3 is 15.8 Å². The van der Waals surface area contributed by atoms with E-state index in [0.717, 1.165) is 11.3 Å². The van der Waals surface area contributed by atoms with Crippen molar-refractivity contribution in [1.82, 2.24) is 0 Å². The van der Waals surface area contributed by atoms with Gasteiger partial charge in [0, 0.05) is 5.69 Å². The summed E-state index contributed by atoms with van der Waals surface area (Å²) in [5.74, 6) is -0.154. The molecule has 1 amide bonds. The van der Waals surface area contributed by atoms with Gasteiger partial charge in [0.15, 0.2) is 0 Å². The molecule has 1 unspecified atom stereocenters. The fraction of sp³-hybridized carbons (Fsp3) is 0.462. The lowest BCUT2D eigenvalue weighted by molar-refractivity contribution is -0.120. The van der Waals surface area contributed by atoms with E-state index < -0.39 is 5.54 Å². The summed E-state index contributed by atoms with van der Waals surface area (Å²) in [6, 6.07) is 5.82. The molecule has 0 bridgehead atoms. The van der Waals surface area contributed by atoms with E-state index in [1.165, 1.54) is 5.56 Å². The fourth-order valence-electron chi connectivity index (χ4n) is 1.68. The first kappa shape index (κ1) is 12.1. The van der Waals surface area contributed by atoms with Gasteiger partial charge in [0.25, 0.3) is 0 Å². The van der Waals surface area contributed by atoms with Gasteiger partial charge in [-0.15, -0.1) is 0 Å². The summed E-state index contributed by atoms with van der Waals surface area (Å²) in [5, 5.41) is 2.84. The van der Waals surface area contributed by atoms with Crippen molar-refractivity contribution in [3.63, 3.8) is 0 Å². The first-order valence-electron chi connectivity index (χ1n) is 5.83. The molecule has 4 nitrogen and oxygen atoms in total. The van der Waals surface area contributed by atoms with E-state index in [2.05, 4.69) is 5.32 Å². The lowest BCUT2D eigenvalue weighted by atomic mass is 9.99. The second kappa shape index (κ2) is 4.47. The first-order valence-corrected chi connectivity index (χ1v) is 5.83. The SMILES string of the molecule is CCC(C)(N)C(=O)Nc1ccc2c(c1)COC2. The van der Waals surface area contributed by atoms with Crippen LogP contribution < -0.4 is 11.1 Å². The Balaban J connectivity index is 2.12. The number of carbonyl (C=O) groups excluding carboxylic acids is 1. The molecule has 1 aliphatic heterocycles. The highest BCUT2D eigenvalue weighted by Gasteiger charge is 2.26. The zero-order valence-electron chi connectivity index (χ0n) is 10.2. The molecule has 0 fully saturated rings. The predicted octanol–water partition coefficient (Wildman–Crippen LogP) is 1.78. The Morgan fingerprint density at radius 1 is 1.47 bits per heavy atom. The molecule has 1 aliphatic rings. The number of nitrogens with one attached hydrogen (secondary N) is 1. The van der Waals surface area contributed by atoms with Crippen molar-refractivity contribution in [3.05, 3.63) is 29.3 Å². The molecule has 0 saturated heterocycles. The highest BCUT2D eigenvalue weighted by Crippen LogP contribution is 2.23. The number of fused-ring (bicyclic) bond motifs is 1. The lowest BCUT2D eigenvalue weighted by Gasteiger charge is -2.21. The Kier molecular flexibility index (Phi) is 3.17. The first-order chi connectivity index (χ1) is 8.03. The van der Waals surface area contributed by atoms with Crippen LogP contribution in [0.3, 0.4) is 0 Å². The van der Waals surface area contributed by atoms with Gasteiger partial charge in [0.2, 0.25) is 5.91 Å². The summed E-state index contributed by atoms with van der Waals surface area (Å²) in [4.78, 5) is 11.9. The van der Waals surface area contributed by atoms with Crippen LogP contribution in [0.1, 0.15) is 31.4 Å². The average molecular weight is 234 g/mol. The number of hydrogen-bond donors (Lipinski definition) is 2. The van der Waals surface area contributed by atoms with E-state index in [1.807, 2.05) is 25.1 Å². The van der Waals surface area contributed by atoms with E-state index in [4.69, 9.17) is 10.5 Å². The summed E-state index contributed by atoms with van der Waals surface area (Å²) in [7, 11) is 0. The molecule has 0 aliphatic carbocycles. The number of rotatable bonds is 3. The summed E-state index contributed by atoms with van der Waals surface area (Å²) < 4.78 is 5.33. The minimum Gasteiger partial charge on any atom is -0.372 e. The molecule has 1 atom stereocenters. The van der Waals surface area contributed by atoms with Crippen molar-refractivity contribution in [1.29, 1.82) is 0 Å². The molecule has 3 N–H and O–H groups in total. The fourth-order valence-corrected chi connectivity index (χ4v) is 1.68. The topological polar surface area (TPSA) is 64.4 Å². The Labute approximate surface area is 101 Å². The summed E-state index contributed by atoms with van der Waals surface area (Å²) in [6.07, 6.45) is 0.604. The van der Waals surface area contributed by atoms with Gasteiger partial charge in [-0.2, -0.15) is 0 Å². The molecule has 17 heavy (non-hydrogen) atoms. The van der Waals surface area contributed by atoms with Crippen molar-refractivity contribution in [2.24, 2.45) is 5.73 Å². The van der Waals surface area contributed by atoms with Crippen LogP contribution >= 0.6 is 0 Å². The van der Waals surface area contributed by atoms with Crippen LogP contribution in [0.15, 0.2) is 18.2 Å². The Morgan fingerprint density at radius 2 is 2.18 bits per heavy atom. The number of amides is 1. The summed E-state index contributed by atoms with van der Waals surface area (Å²) in [6.45, 7) is 4.91. The Morgan fingerprint density at radius 3 is 2.88 bits per heavy atom. The molecule has 1 aromatic rings. The van der Waals surface area contributed by atoms with Gasteiger partial charge in [-0.1, -0.05) is 13.0 Å². The number of hydrogen-bond acceptors (Lipinski definition) is 3. The number of anilines is 1. The third-order valence-corrected chi connectivity index (χ3v) is 3.23. The van der Waals surface area contributed by atoms with Crippen molar-refractivity contribution in [2.75, 3.05) is 5.32 Å². The maximum absolute atomic E-state index is 11.9. The van der Waals surface area contributed by atoms with Crippen molar-refractivity contribution < 1.29 is 9.53 Å². The van der Waals surface area contributed by atoms with Crippen LogP contribution in [-0.4, -0.2) is 11.4 Å². The van der Waals surface area contributed by atoms with Crippen molar-refractivity contribution >= 4 is 11.6 Å². The Hall–Kier alpha value is -1.39. The molecular weight excluding hydrogens is 216 g/mol. The highest BCUT2D eigenvalue weighted by molar-refractivity contribution is 5.97. The summed E-state index contributed by atoms with van der Waals surface area (Å²) >= 11 is 0. The molecule has 0 spiro atoms. The van der Waals surface area contributed by atoms with Crippen molar-refractivity contribution in [3.8, 4) is 0 Å². The number of carbonyl (C=O) groups is 1. The van der Waals surface area contributed by atoms with Crippen molar-refractivity contribution in [2.45, 2.75) is 39.0 Å². The molecule has 0 saturated carbocycles. The van der Waals surface area contributed by atoms with Gasteiger partial charge in [-0.25, -0.2) is 0 Å². The van der Waals surface area contributed by atoms with Gasteiger partial charge >= 0.3 is 0 Å². The van der Waals surface area contributed by atoms with Crippen LogP contribution in [0.4, 0.5) is 5.69 Å². The van der Waals surface area contributed by atoms with Crippen LogP contribution in [0, 0.1) is 0 Å². The molecule has 1 aromatic carbocycles. The van der Waals surface area contributed by atoms with E-state index in [1.54, 1.807) is 6.92 Å². The largest absolute Gasteiger partial charge is 0.372 e. The quantitative estimate of drug-likeness (QED) is 0.838. The maximum Gasteiger partial charge on any atom is 0.244 e. The van der Waals surface area contributed by atoms with E-state index in [0.29, 0.717) is 19.6 Å². The zero-order valence-corrected chi connectivity index (χ0v) is 10.2. The summed E-state index contributed by atoms with van der Waals surface area (Å²) in [5.41, 5.74) is 8.17. The molecular formula is C13H18N2O2. The van der Waals surface area contributed by atoms with Crippen LogP contribution in [0.25, 0.3) is 0 Å². The van der Waals surface area contributed by atoms with Gasteiger partial charge in [0.05, 0.1) is 18.8 Å². The third-order valence-electron chi connectivity index (χ3n) is 3.23. The maximum atomic E-state index is 11.9. The van der Waals surface area contributed by atoms with E-state index in [-0.39, 0.29) is 5.91 Å². The third kappa shape index (κ3) is 2.48. The molecule has 4 heteroatoms. The van der Waals surface area contributed by atoms with Gasteiger partial charge in [-0.3, -0.25) is 4.79 Å². The minimum absolute atomic E-state index is 0.154. The van der Waals surface area contributed by atoms with E-state index >= 15 is 0 Å². The Bertz CT molecular complexity index is 441. The molecule has 2 rings (SSSR count). The molecule has 0 radical (unpaired) electrons. The number of nitrogens with two attached hydrogens (primary N) is 1. The van der Waals surface area contributed by atoms with Gasteiger partial charge in [0.1, 0.15) is 0 Å². The van der Waals surface area contributed by atoms with Gasteiger partial charge in [-0.05, 0) is 36.6 Å². The van der Waals surface area contributed by atoms with Crippen LogP contribution in [0.5, 0.6) is 0 Å². The second-order valence-corrected chi connectivity index (χ2v) is 4.70. The molecule has 0 aromatic heterocycles. The van der Waals surface area contributed by atoms with E-state index in [9.17, 15) is 4.79 Å². The monoisotopic (exact) mass is 234 g/mol. The number of ether oxygens (including phenoxy) is 1. The highest BCUT2D eigenvalue weighted by atomic mass is 16.5. The molecule has 92 valence electrons. The zero-order chi connectivity index (χ0) is 12.5. The predicted molar refractivity (Wildman–Crippen MR) is 66.4 cm³/mol. The smallest absolute Gasteiger partial charge is 0.244 e. The van der Waals surface area contributed by atoms with Crippen LogP contribution in [0.2, 0.25) is 0 Å². The lowest BCUT2D eigenvalue weighted by Crippen LogP contribution is -2.47. The average Bonchev–Trinajstić information content (AvgIpc) is 2.76. The minimum atomic E-state index is -0.824. The number of benzene rings is 1. The molecule has 1 heterocycles.